The summed E-state index contributed by atoms with van der Waals surface area (Å²) < 4.78 is 0. The number of allylic oxidation sites excluding steroid dienone is 1. The third-order valence-corrected chi connectivity index (χ3v) is 5.38. The van der Waals surface area contributed by atoms with Crippen molar-refractivity contribution in [1.82, 2.24) is 20.6 Å². The Hall–Kier alpha value is -3.19. The van der Waals surface area contributed by atoms with Gasteiger partial charge in [-0.25, -0.2) is 9.97 Å². The fraction of sp³-hybridized carbons (Fsp3) is 0.318. The predicted octanol–water partition coefficient (Wildman–Crippen LogP) is 2.27. The number of nitrogens with two attached hydrogens (primary N) is 1. The van der Waals surface area contributed by atoms with Crippen LogP contribution in [0.4, 0.5) is 11.6 Å². The monoisotopic (exact) mass is 390 g/mol. The van der Waals surface area contributed by atoms with Gasteiger partial charge in [0.1, 0.15) is 11.6 Å². The second-order valence-electron chi connectivity index (χ2n) is 7.58. The predicted molar refractivity (Wildman–Crippen MR) is 114 cm³/mol. The summed E-state index contributed by atoms with van der Waals surface area (Å²) in [6, 6.07) is 7.22. The molecule has 2 unspecified atom stereocenters. The van der Waals surface area contributed by atoms with Crippen molar-refractivity contribution < 1.29 is 4.79 Å². The van der Waals surface area contributed by atoms with Crippen molar-refractivity contribution >= 4 is 17.5 Å². The zero-order valence-electron chi connectivity index (χ0n) is 16.5. The quantitative estimate of drug-likeness (QED) is 0.624. The van der Waals surface area contributed by atoms with E-state index in [9.17, 15) is 4.79 Å². The number of nitrogens with one attached hydrogen (secondary N) is 3. The number of nitrogen functional groups attached to an aromatic ring is 1. The lowest BCUT2D eigenvalue weighted by Gasteiger charge is -2.31. The van der Waals surface area contributed by atoms with Crippen molar-refractivity contribution in [3.8, 4) is 0 Å². The highest BCUT2D eigenvalue weighted by Gasteiger charge is 2.24. The van der Waals surface area contributed by atoms with Gasteiger partial charge in [0, 0.05) is 32.0 Å². The lowest BCUT2D eigenvalue weighted by Crippen LogP contribution is -2.39. The van der Waals surface area contributed by atoms with Gasteiger partial charge in [-0.2, -0.15) is 0 Å². The molecule has 0 bridgehead atoms. The Labute approximate surface area is 170 Å². The summed E-state index contributed by atoms with van der Waals surface area (Å²) in [6.45, 7) is 4.64. The zero-order valence-corrected chi connectivity index (χ0v) is 16.5. The number of carbonyl (C=O) groups excluding carboxylic acids is 1. The summed E-state index contributed by atoms with van der Waals surface area (Å²) in [7, 11) is 0. The van der Waals surface area contributed by atoms with E-state index in [1.54, 1.807) is 30.6 Å². The van der Waals surface area contributed by atoms with Crippen LogP contribution in [0.15, 0.2) is 60.0 Å². The lowest BCUT2D eigenvalue weighted by molar-refractivity contribution is 0.0944. The van der Waals surface area contributed by atoms with E-state index in [0.29, 0.717) is 29.7 Å². The molecule has 0 aromatic carbocycles. The summed E-state index contributed by atoms with van der Waals surface area (Å²) in [4.78, 5) is 21.3. The van der Waals surface area contributed by atoms with Crippen molar-refractivity contribution in [2.24, 2.45) is 5.92 Å². The fourth-order valence-electron chi connectivity index (χ4n) is 3.89. The van der Waals surface area contributed by atoms with Crippen molar-refractivity contribution in [3.63, 3.8) is 0 Å². The molecule has 2 atom stereocenters. The molecule has 1 aliphatic carbocycles. The molecule has 4 rings (SSSR count). The van der Waals surface area contributed by atoms with Crippen molar-refractivity contribution in [2.75, 3.05) is 24.1 Å². The zero-order chi connectivity index (χ0) is 20.2. The second-order valence-corrected chi connectivity index (χ2v) is 7.58. The van der Waals surface area contributed by atoms with Crippen LogP contribution in [0.25, 0.3) is 0 Å². The SMILES string of the molecule is CC1CNCC2=C1C=CC(NC(=O)c1cccnc1NCc1ccnc(N)c1)C2. The van der Waals surface area contributed by atoms with Gasteiger partial charge in [0.2, 0.25) is 0 Å². The minimum Gasteiger partial charge on any atom is -0.384 e. The number of rotatable bonds is 5. The molecule has 1 aliphatic heterocycles. The van der Waals surface area contributed by atoms with E-state index in [1.165, 1.54) is 11.1 Å². The van der Waals surface area contributed by atoms with Gasteiger partial charge in [0.05, 0.1) is 11.6 Å². The Morgan fingerprint density at radius 1 is 1.31 bits per heavy atom. The summed E-state index contributed by atoms with van der Waals surface area (Å²) in [6.07, 6.45) is 8.45. The number of amides is 1. The van der Waals surface area contributed by atoms with Crippen LogP contribution in [-0.4, -0.2) is 35.0 Å². The van der Waals surface area contributed by atoms with Crippen LogP contribution in [0.2, 0.25) is 0 Å². The number of pyridine rings is 2. The van der Waals surface area contributed by atoms with Crippen LogP contribution in [0, 0.1) is 5.92 Å². The molecule has 0 fully saturated rings. The summed E-state index contributed by atoms with van der Waals surface area (Å²) in [5.74, 6) is 1.40. The first-order chi connectivity index (χ1) is 14.1. The van der Waals surface area contributed by atoms with Gasteiger partial charge in [-0.3, -0.25) is 4.79 Å². The summed E-state index contributed by atoms with van der Waals surface area (Å²) in [5, 5.41) is 9.81. The Kier molecular flexibility index (Phi) is 5.57. The van der Waals surface area contributed by atoms with Crippen LogP contribution in [0.1, 0.15) is 29.3 Å². The van der Waals surface area contributed by atoms with Gasteiger partial charge >= 0.3 is 0 Å². The maximum Gasteiger partial charge on any atom is 0.255 e. The van der Waals surface area contributed by atoms with E-state index in [4.69, 9.17) is 5.73 Å². The highest BCUT2D eigenvalue weighted by Crippen LogP contribution is 2.27. The Bertz CT molecular complexity index is 967. The van der Waals surface area contributed by atoms with E-state index < -0.39 is 0 Å². The Morgan fingerprint density at radius 2 is 2.21 bits per heavy atom. The first kappa shape index (κ1) is 19.1. The highest BCUT2D eigenvalue weighted by molar-refractivity contribution is 5.99. The van der Waals surface area contributed by atoms with Crippen LogP contribution in [0.5, 0.6) is 0 Å². The molecular weight excluding hydrogens is 364 g/mol. The average molecular weight is 390 g/mol. The third-order valence-electron chi connectivity index (χ3n) is 5.38. The second kappa shape index (κ2) is 8.45. The molecule has 0 saturated carbocycles. The first-order valence-corrected chi connectivity index (χ1v) is 9.91. The number of hydrogen-bond acceptors (Lipinski definition) is 6. The Balaban J connectivity index is 1.42. The van der Waals surface area contributed by atoms with Gasteiger partial charge in [-0.15, -0.1) is 0 Å². The van der Waals surface area contributed by atoms with E-state index in [0.717, 1.165) is 25.1 Å². The number of nitrogens with zero attached hydrogens (tertiary/aromatic N) is 2. The molecule has 3 heterocycles. The van der Waals surface area contributed by atoms with Gasteiger partial charge < -0.3 is 21.7 Å². The van der Waals surface area contributed by atoms with E-state index in [2.05, 4.69) is 45.0 Å². The standard InChI is InChI=1S/C22H26N6O/c1-14-11-24-13-16-10-17(4-5-18(14)16)28-22(29)19-3-2-7-26-21(19)27-12-15-6-8-25-20(23)9-15/h2-9,14,17,24H,10-13H2,1H3,(H2,23,25)(H,26,27)(H,28,29). The number of hydrogen-bond donors (Lipinski definition) is 4. The largest absolute Gasteiger partial charge is 0.384 e. The minimum absolute atomic E-state index is 0.0126. The molecule has 2 aromatic rings. The minimum atomic E-state index is -0.134. The average Bonchev–Trinajstić information content (AvgIpc) is 2.72. The van der Waals surface area contributed by atoms with Gasteiger partial charge in [0.25, 0.3) is 5.91 Å². The van der Waals surface area contributed by atoms with Gasteiger partial charge in [0.15, 0.2) is 0 Å². The fourth-order valence-corrected chi connectivity index (χ4v) is 3.89. The smallest absolute Gasteiger partial charge is 0.255 e. The molecule has 7 heteroatoms. The normalized spacial score (nSPS) is 20.9. The first-order valence-electron chi connectivity index (χ1n) is 9.91. The van der Waals surface area contributed by atoms with Gasteiger partial charge in [-0.1, -0.05) is 24.6 Å². The molecular formula is C22H26N6O. The van der Waals surface area contributed by atoms with E-state index in [1.807, 2.05) is 6.07 Å². The topological polar surface area (TPSA) is 105 Å². The number of aromatic nitrogens is 2. The molecule has 2 aromatic heterocycles. The van der Waals surface area contributed by atoms with Crippen LogP contribution in [0.3, 0.4) is 0 Å². The molecule has 150 valence electrons. The van der Waals surface area contributed by atoms with Crippen molar-refractivity contribution in [3.05, 3.63) is 71.1 Å². The molecule has 7 nitrogen and oxygen atoms in total. The van der Waals surface area contributed by atoms with Gasteiger partial charge in [-0.05, 0) is 47.7 Å². The number of carbonyl (C=O) groups is 1. The van der Waals surface area contributed by atoms with Crippen LogP contribution in [-0.2, 0) is 6.54 Å². The molecule has 0 spiro atoms. The van der Waals surface area contributed by atoms with E-state index >= 15 is 0 Å². The molecule has 0 saturated heterocycles. The Morgan fingerprint density at radius 3 is 3.07 bits per heavy atom. The summed E-state index contributed by atoms with van der Waals surface area (Å²) in [5.41, 5.74) is 10.0. The lowest BCUT2D eigenvalue weighted by atomic mass is 9.85. The molecule has 29 heavy (non-hydrogen) atoms. The number of anilines is 2. The molecule has 0 radical (unpaired) electrons. The maximum absolute atomic E-state index is 12.9. The van der Waals surface area contributed by atoms with E-state index in [-0.39, 0.29) is 11.9 Å². The van der Waals surface area contributed by atoms with Crippen LogP contribution >= 0.6 is 0 Å². The van der Waals surface area contributed by atoms with Crippen molar-refractivity contribution in [2.45, 2.75) is 25.9 Å². The highest BCUT2D eigenvalue weighted by atomic mass is 16.1. The summed E-state index contributed by atoms with van der Waals surface area (Å²) >= 11 is 0. The maximum atomic E-state index is 12.9. The van der Waals surface area contributed by atoms with Crippen molar-refractivity contribution in [1.29, 1.82) is 0 Å². The third kappa shape index (κ3) is 4.46. The molecule has 5 N–H and O–H groups in total. The molecule has 2 aliphatic rings. The molecule has 1 amide bonds. The van der Waals surface area contributed by atoms with Crippen LogP contribution < -0.4 is 21.7 Å².